The SMILES string of the molecule is CC1(C(=O)O)CCN(C(=O)CSc2nc3ccccc3s2)C1. The van der Waals surface area contributed by atoms with Gasteiger partial charge in [-0.2, -0.15) is 0 Å². The summed E-state index contributed by atoms with van der Waals surface area (Å²) in [5.41, 5.74) is 0.137. The number of para-hydroxylation sites is 1. The molecule has 0 aliphatic carbocycles. The van der Waals surface area contributed by atoms with Crippen LogP contribution in [0.3, 0.4) is 0 Å². The van der Waals surface area contributed by atoms with E-state index < -0.39 is 11.4 Å². The first-order valence-corrected chi connectivity index (χ1v) is 8.78. The van der Waals surface area contributed by atoms with Crippen LogP contribution in [0.5, 0.6) is 0 Å². The second-order valence-corrected chi connectivity index (χ2v) is 7.92. The molecule has 1 unspecified atom stereocenters. The van der Waals surface area contributed by atoms with E-state index in [0.717, 1.165) is 14.6 Å². The van der Waals surface area contributed by atoms with E-state index in [0.29, 0.717) is 25.3 Å². The summed E-state index contributed by atoms with van der Waals surface area (Å²) in [7, 11) is 0. The topological polar surface area (TPSA) is 70.5 Å². The van der Waals surface area contributed by atoms with Crippen molar-refractivity contribution in [1.29, 1.82) is 0 Å². The highest BCUT2D eigenvalue weighted by atomic mass is 32.2. The molecule has 2 heterocycles. The molecule has 1 aliphatic rings. The molecule has 0 saturated carbocycles. The Morgan fingerprint density at radius 2 is 2.23 bits per heavy atom. The number of fused-ring (bicyclic) bond motifs is 1. The Hall–Kier alpha value is -1.60. The molecule has 7 heteroatoms. The normalized spacial score (nSPS) is 21.4. The molecule has 1 saturated heterocycles. The third kappa shape index (κ3) is 2.96. The van der Waals surface area contributed by atoms with Crippen molar-refractivity contribution >= 4 is 45.2 Å². The molecule has 1 atom stereocenters. The van der Waals surface area contributed by atoms with E-state index in [1.165, 1.54) is 11.8 Å². The van der Waals surface area contributed by atoms with Gasteiger partial charge in [0.15, 0.2) is 4.34 Å². The smallest absolute Gasteiger partial charge is 0.311 e. The van der Waals surface area contributed by atoms with Crippen molar-refractivity contribution in [2.75, 3.05) is 18.8 Å². The largest absolute Gasteiger partial charge is 0.481 e. The van der Waals surface area contributed by atoms with Crippen LogP contribution in [0.2, 0.25) is 0 Å². The van der Waals surface area contributed by atoms with Crippen LogP contribution in [-0.2, 0) is 9.59 Å². The molecule has 22 heavy (non-hydrogen) atoms. The Morgan fingerprint density at radius 3 is 2.91 bits per heavy atom. The molecule has 0 radical (unpaired) electrons. The Bertz CT molecular complexity index is 697. The van der Waals surface area contributed by atoms with Crippen molar-refractivity contribution in [3.8, 4) is 0 Å². The summed E-state index contributed by atoms with van der Waals surface area (Å²) in [5.74, 6) is -0.550. The second-order valence-electron chi connectivity index (χ2n) is 5.67. The van der Waals surface area contributed by atoms with Gasteiger partial charge in [-0.05, 0) is 25.5 Å². The number of rotatable bonds is 4. The molecule has 1 amide bonds. The molecule has 2 aromatic rings. The van der Waals surface area contributed by atoms with Crippen LogP contribution in [0, 0.1) is 5.41 Å². The van der Waals surface area contributed by atoms with Crippen LogP contribution in [-0.4, -0.2) is 45.7 Å². The van der Waals surface area contributed by atoms with Gasteiger partial charge in [0.05, 0.1) is 21.4 Å². The minimum absolute atomic E-state index is 0.0192. The van der Waals surface area contributed by atoms with Gasteiger partial charge in [0.2, 0.25) is 5.91 Å². The Morgan fingerprint density at radius 1 is 1.45 bits per heavy atom. The molecule has 1 aromatic heterocycles. The number of amides is 1. The van der Waals surface area contributed by atoms with E-state index >= 15 is 0 Å². The highest BCUT2D eigenvalue weighted by Crippen LogP contribution is 2.32. The first-order valence-electron chi connectivity index (χ1n) is 6.97. The highest BCUT2D eigenvalue weighted by molar-refractivity contribution is 8.01. The molecule has 1 aromatic carbocycles. The summed E-state index contributed by atoms with van der Waals surface area (Å²) in [5, 5.41) is 9.21. The summed E-state index contributed by atoms with van der Waals surface area (Å²) in [6.45, 7) is 2.51. The van der Waals surface area contributed by atoms with Gasteiger partial charge in [0.1, 0.15) is 0 Å². The summed E-state index contributed by atoms with van der Waals surface area (Å²) in [6, 6.07) is 7.88. The number of likely N-dealkylation sites (tertiary alicyclic amines) is 1. The van der Waals surface area contributed by atoms with Gasteiger partial charge in [0, 0.05) is 13.1 Å². The monoisotopic (exact) mass is 336 g/mol. The number of thioether (sulfide) groups is 1. The van der Waals surface area contributed by atoms with E-state index in [1.807, 2.05) is 24.3 Å². The minimum Gasteiger partial charge on any atom is -0.481 e. The number of benzene rings is 1. The molecule has 1 N–H and O–H groups in total. The van der Waals surface area contributed by atoms with Crippen molar-refractivity contribution in [3.05, 3.63) is 24.3 Å². The maximum Gasteiger partial charge on any atom is 0.311 e. The van der Waals surface area contributed by atoms with Crippen LogP contribution in [0.25, 0.3) is 10.2 Å². The zero-order valence-electron chi connectivity index (χ0n) is 12.1. The van der Waals surface area contributed by atoms with E-state index in [2.05, 4.69) is 4.98 Å². The van der Waals surface area contributed by atoms with Gasteiger partial charge >= 0.3 is 5.97 Å². The fraction of sp³-hybridized carbons (Fsp3) is 0.400. The first-order chi connectivity index (χ1) is 10.5. The minimum atomic E-state index is -0.832. The maximum atomic E-state index is 12.2. The lowest BCUT2D eigenvalue weighted by Crippen LogP contribution is -2.35. The zero-order valence-corrected chi connectivity index (χ0v) is 13.7. The lowest BCUT2D eigenvalue weighted by atomic mass is 9.90. The summed E-state index contributed by atoms with van der Waals surface area (Å²) in [6.07, 6.45) is 0.514. The van der Waals surface area contributed by atoms with Crippen molar-refractivity contribution in [2.45, 2.75) is 17.7 Å². The number of carboxylic acid groups (broad SMARTS) is 1. The highest BCUT2D eigenvalue weighted by Gasteiger charge is 2.41. The number of hydrogen-bond donors (Lipinski definition) is 1. The number of carbonyl (C=O) groups is 2. The standard InChI is InChI=1S/C15H16N2O3S2/c1-15(13(19)20)6-7-17(9-15)12(18)8-21-14-16-10-4-2-3-5-11(10)22-14/h2-5H,6-9H2,1H3,(H,19,20). The van der Waals surface area contributed by atoms with Gasteiger partial charge in [-0.15, -0.1) is 11.3 Å². The third-order valence-corrected chi connectivity index (χ3v) is 6.10. The number of hydrogen-bond acceptors (Lipinski definition) is 5. The number of thiazole rings is 1. The molecular weight excluding hydrogens is 320 g/mol. The van der Waals surface area contributed by atoms with Crippen molar-refractivity contribution in [1.82, 2.24) is 9.88 Å². The predicted molar refractivity (Wildman–Crippen MR) is 87.3 cm³/mol. The van der Waals surface area contributed by atoms with Crippen LogP contribution in [0.1, 0.15) is 13.3 Å². The van der Waals surface area contributed by atoms with Crippen molar-refractivity contribution in [3.63, 3.8) is 0 Å². The molecule has 0 bridgehead atoms. The van der Waals surface area contributed by atoms with Gasteiger partial charge in [-0.1, -0.05) is 23.9 Å². The average molecular weight is 336 g/mol. The van der Waals surface area contributed by atoms with Crippen LogP contribution in [0.4, 0.5) is 0 Å². The summed E-state index contributed by atoms with van der Waals surface area (Å²) in [4.78, 5) is 29.6. The predicted octanol–water partition coefficient (Wildman–Crippen LogP) is 2.71. The number of carbonyl (C=O) groups excluding carboxylic acids is 1. The van der Waals surface area contributed by atoms with Crippen LogP contribution in [0.15, 0.2) is 28.6 Å². The third-order valence-electron chi connectivity index (χ3n) is 3.94. The Kier molecular flexibility index (Phi) is 4.10. The molecule has 3 rings (SSSR count). The fourth-order valence-electron chi connectivity index (χ4n) is 2.48. The van der Waals surface area contributed by atoms with Gasteiger partial charge < -0.3 is 10.0 Å². The van der Waals surface area contributed by atoms with Gasteiger partial charge in [-0.3, -0.25) is 9.59 Å². The molecule has 116 valence electrons. The lowest BCUT2D eigenvalue weighted by Gasteiger charge is -2.19. The van der Waals surface area contributed by atoms with E-state index in [-0.39, 0.29) is 5.91 Å². The molecular formula is C15H16N2O3S2. The van der Waals surface area contributed by atoms with Gasteiger partial charge in [0.25, 0.3) is 0 Å². The molecule has 1 fully saturated rings. The Labute approximate surface area is 136 Å². The summed E-state index contributed by atoms with van der Waals surface area (Å²) < 4.78 is 1.98. The maximum absolute atomic E-state index is 12.2. The number of aromatic nitrogens is 1. The molecule has 0 spiro atoms. The second kappa shape index (κ2) is 5.89. The van der Waals surface area contributed by atoms with Crippen LogP contribution < -0.4 is 0 Å². The van der Waals surface area contributed by atoms with Crippen LogP contribution >= 0.6 is 23.1 Å². The fourth-order valence-corrected chi connectivity index (χ4v) is 4.45. The molecule has 5 nitrogen and oxygen atoms in total. The quantitative estimate of drug-likeness (QED) is 0.869. The lowest BCUT2D eigenvalue weighted by molar-refractivity contribution is -0.147. The first kappa shape index (κ1) is 15.3. The average Bonchev–Trinajstić information content (AvgIpc) is 3.09. The number of nitrogens with zero attached hydrogens (tertiary/aromatic N) is 2. The van der Waals surface area contributed by atoms with Crippen molar-refractivity contribution in [2.24, 2.45) is 5.41 Å². The van der Waals surface area contributed by atoms with E-state index in [4.69, 9.17) is 0 Å². The summed E-state index contributed by atoms with van der Waals surface area (Å²) >= 11 is 2.99. The zero-order chi connectivity index (χ0) is 15.7. The number of carboxylic acids is 1. The molecule has 1 aliphatic heterocycles. The number of aliphatic carboxylic acids is 1. The van der Waals surface area contributed by atoms with E-state index in [1.54, 1.807) is 23.2 Å². The van der Waals surface area contributed by atoms with Crippen molar-refractivity contribution < 1.29 is 14.7 Å². The van der Waals surface area contributed by atoms with E-state index in [9.17, 15) is 14.7 Å². The van der Waals surface area contributed by atoms with Gasteiger partial charge in [-0.25, -0.2) is 4.98 Å². The Balaban J connectivity index is 1.60.